The maximum Gasteiger partial charge on any atom is 0.254 e. The number of rotatable bonds is 6. The first-order valence-electron chi connectivity index (χ1n) is 13.1. The SMILES string of the molecule is O=C(c1cc(-c2ccc(O)cc2)nc2n[nH]c(/C=C/c3ccc(Oc4ccccc4)cc3)c12)N1CCCCC1. The van der Waals surface area contributed by atoms with Gasteiger partial charge in [0.1, 0.15) is 17.2 Å². The molecular formula is C32H28N4O3. The van der Waals surface area contributed by atoms with Crippen LogP contribution in [-0.2, 0) is 0 Å². The minimum atomic E-state index is -0.0133. The molecule has 1 aliphatic rings. The molecule has 0 atom stereocenters. The molecular weight excluding hydrogens is 488 g/mol. The zero-order chi connectivity index (χ0) is 26.6. The number of para-hydroxylation sites is 1. The van der Waals surface area contributed by atoms with Crippen molar-refractivity contribution >= 4 is 29.1 Å². The molecule has 194 valence electrons. The molecule has 0 radical (unpaired) electrons. The first-order valence-corrected chi connectivity index (χ1v) is 13.1. The van der Waals surface area contributed by atoms with Gasteiger partial charge in [-0.3, -0.25) is 9.89 Å². The smallest absolute Gasteiger partial charge is 0.254 e. The molecule has 1 aliphatic heterocycles. The molecule has 0 saturated carbocycles. The van der Waals surface area contributed by atoms with Crippen LogP contribution >= 0.6 is 0 Å². The van der Waals surface area contributed by atoms with E-state index in [1.165, 1.54) is 0 Å². The number of likely N-dealkylation sites (tertiary alicyclic amines) is 1. The van der Waals surface area contributed by atoms with Gasteiger partial charge in [0.2, 0.25) is 0 Å². The Morgan fingerprint density at radius 1 is 0.872 bits per heavy atom. The van der Waals surface area contributed by atoms with E-state index < -0.39 is 0 Å². The van der Waals surface area contributed by atoms with E-state index in [2.05, 4.69) is 10.2 Å². The molecule has 6 rings (SSSR count). The summed E-state index contributed by atoms with van der Waals surface area (Å²) in [6, 6.07) is 26.1. The first-order chi connectivity index (χ1) is 19.1. The Kier molecular flexibility index (Phi) is 6.78. The number of carbonyl (C=O) groups is 1. The largest absolute Gasteiger partial charge is 0.508 e. The van der Waals surface area contributed by atoms with E-state index in [1.807, 2.05) is 77.7 Å². The Hall–Kier alpha value is -4.91. The van der Waals surface area contributed by atoms with Gasteiger partial charge in [0.05, 0.1) is 22.3 Å². The summed E-state index contributed by atoms with van der Waals surface area (Å²) in [5.74, 6) is 1.71. The molecule has 1 fully saturated rings. The number of pyridine rings is 1. The number of ether oxygens (including phenoxy) is 1. The number of H-pyrrole nitrogens is 1. The van der Waals surface area contributed by atoms with Gasteiger partial charge < -0.3 is 14.7 Å². The second-order valence-corrected chi connectivity index (χ2v) is 9.61. The van der Waals surface area contributed by atoms with Crippen molar-refractivity contribution in [1.29, 1.82) is 0 Å². The maximum absolute atomic E-state index is 13.7. The van der Waals surface area contributed by atoms with E-state index in [1.54, 1.807) is 24.3 Å². The Labute approximate surface area is 226 Å². The van der Waals surface area contributed by atoms with Crippen LogP contribution in [-0.4, -0.2) is 44.2 Å². The fourth-order valence-electron chi connectivity index (χ4n) is 4.83. The van der Waals surface area contributed by atoms with Crippen molar-refractivity contribution in [3.63, 3.8) is 0 Å². The van der Waals surface area contributed by atoms with Gasteiger partial charge in [-0.1, -0.05) is 36.4 Å². The van der Waals surface area contributed by atoms with Crippen LogP contribution in [0.3, 0.4) is 0 Å². The third kappa shape index (κ3) is 5.38. The lowest BCUT2D eigenvalue weighted by Crippen LogP contribution is -2.35. The van der Waals surface area contributed by atoms with E-state index in [9.17, 15) is 9.90 Å². The first kappa shape index (κ1) is 24.4. The topological polar surface area (TPSA) is 91.3 Å². The summed E-state index contributed by atoms with van der Waals surface area (Å²) >= 11 is 0. The number of amides is 1. The number of fused-ring (bicyclic) bond motifs is 1. The van der Waals surface area contributed by atoms with Gasteiger partial charge in [0, 0.05) is 18.7 Å². The maximum atomic E-state index is 13.7. The molecule has 3 heterocycles. The lowest BCUT2D eigenvalue weighted by molar-refractivity contribution is 0.0726. The second-order valence-electron chi connectivity index (χ2n) is 9.61. The van der Waals surface area contributed by atoms with Crippen LogP contribution in [0.15, 0.2) is 84.9 Å². The molecule has 3 aromatic carbocycles. The highest BCUT2D eigenvalue weighted by Gasteiger charge is 2.24. The number of hydrogen-bond donors (Lipinski definition) is 2. The highest BCUT2D eigenvalue weighted by atomic mass is 16.5. The molecule has 1 amide bonds. The van der Waals surface area contributed by atoms with E-state index >= 15 is 0 Å². The molecule has 0 spiro atoms. The quantitative estimate of drug-likeness (QED) is 0.256. The van der Waals surface area contributed by atoms with E-state index in [0.29, 0.717) is 22.3 Å². The van der Waals surface area contributed by atoms with Crippen molar-refractivity contribution in [1.82, 2.24) is 20.1 Å². The van der Waals surface area contributed by atoms with Gasteiger partial charge in [-0.05, 0) is 85.5 Å². The number of piperidine rings is 1. The highest BCUT2D eigenvalue weighted by molar-refractivity contribution is 6.09. The average Bonchev–Trinajstić information content (AvgIpc) is 3.40. The Morgan fingerprint density at radius 3 is 2.33 bits per heavy atom. The molecule has 39 heavy (non-hydrogen) atoms. The van der Waals surface area contributed by atoms with E-state index in [4.69, 9.17) is 9.72 Å². The fraction of sp³-hybridized carbons (Fsp3) is 0.156. The molecule has 2 aromatic heterocycles. The Morgan fingerprint density at radius 2 is 1.59 bits per heavy atom. The van der Waals surface area contributed by atoms with Crippen molar-refractivity contribution in [2.24, 2.45) is 0 Å². The number of phenolic OH excluding ortho intramolecular Hbond substituents is 1. The summed E-state index contributed by atoms with van der Waals surface area (Å²) in [7, 11) is 0. The van der Waals surface area contributed by atoms with Gasteiger partial charge in [0.15, 0.2) is 5.65 Å². The predicted molar refractivity (Wildman–Crippen MR) is 153 cm³/mol. The summed E-state index contributed by atoms with van der Waals surface area (Å²) in [6.45, 7) is 1.50. The third-order valence-electron chi connectivity index (χ3n) is 6.89. The average molecular weight is 517 g/mol. The number of aromatic amines is 1. The summed E-state index contributed by atoms with van der Waals surface area (Å²) < 4.78 is 5.89. The third-order valence-corrected chi connectivity index (χ3v) is 6.89. The van der Waals surface area contributed by atoms with E-state index in [0.717, 1.165) is 60.7 Å². The second kappa shape index (κ2) is 10.8. The van der Waals surface area contributed by atoms with Crippen LogP contribution in [0.4, 0.5) is 0 Å². The number of nitrogens with one attached hydrogen (secondary N) is 1. The van der Waals surface area contributed by atoms with Crippen LogP contribution in [0.1, 0.15) is 40.9 Å². The molecule has 0 aliphatic carbocycles. The fourth-order valence-corrected chi connectivity index (χ4v) is 4.83. The summed E-state index contributed by atoms with van der Waals surface area (Å²) in [5, 5.41) is 18.0. The zero-order valence-corrected chi connectivity index (χ0v) is 21.4. The summed E-state index contributed by atoms with van der Waals surface area (Å²) in [4.78, 5) is 20.4. The van der Waals surface area contributed by atoms with Gasteiger partial charge >= 0.3 is 0 Å². The number of nitrogens with zero attached hydrogens (tertiary/aromatic N) is 3. The highest BCUT2D eigenvalue weighted by Crippen LogP contribution is 2.30. The number of aromatic nitrogens is 3. The molecule has 1 saturated heterocycles. The normalized spacial score (nSPS) is 13.7. The predicted octanol–water partition coefficient (Wildman–Crippen LogP) is 6.92. The van der Waals surface area contributed by atoms with Crippen molar-refractivity contribution in [2.45, 2.75) is 19.3 Å². The summed E-state index contributed by atoms with van der Waals surface area (Å²) in [6.07, 6.45) is 7.06. The number of phenols is 1. The Balaban J connectivity index is 1.33. The van der Waals surface area contributed by atoms with Crippen LogP contribution in [0.5, 0.6) is 17.2 Å². The van der Waals surface area contributed by atoms with Gasteiger partial charge in [-0.15, -0.1) is 0 Å². The molecule has 5 aromatic rings. The standard InChI is InChI=1S/C32H28N4O3/c37-24-14-12-23(13-15-24)29-21-27(32(38)36-19-5-2-6-20-36)30-28(34-35-31(30)33-29)18-11-22-9-16-26(17-10-22)39-25-7-3-1-4-8-25/h1,3-4,7-18,21,37H,2,5-6,19-20H2,(H,33,34,35)/b18-11+. The Bertz CT molecular complexity index is 1620. The van der Waals surface area contributed by atoms with E-state index in [-0.39, 0.29) is 11.7 Å². The van der Waals surface area contributed by atoms with Gasteiger partial charge in [-0.2, -0.15) is 5.10 Å². The number of benzene rings is 3. The lowest BCUT2D eigenvalue weighted by atomic mass is 10.0. The number of carbonyl (C=O) groups excluding carboxylic acids is 1. The van der Waals surface area contributed by atoms with Crippen molar-refractivity contribution < 1.29 is 14.6 Å². The molecule has 7 heteroatoms. The summed E-state index contributed by atoms with van der Waals surface area (Å²) in [5.41, 5.74) is 4.20. The molecule has 0 unspecified atom stereocenters. The van der Waals surface area contributed by atoms with Crippen molar-refractivity contribution in [2.75, 3.05) is 13.1 Å². The molecule has 2 N–H and O–H groups in total. The van der Waals surface area contributed by atoms with Crippen molar-refractivity contribution in [3.8, 4) is 28.5 Å². The lowest BCUT2D eigenvalue weighted by Gasteiger charge is -2.27. The van der Waals surface area contributed by atoms with Crippen LogP contribution in [0, 0.1) is 0 Å². The van der Waals surface area contributed by atoms with Crippen LogP contribution < -0.4 is 4.74 Å². The molecule has 7 nitrogen and oxygen atoms in total. The number of hydrogen-bond acceptors (Lipinski definition) is 5. The van der Waals surface area contributed by atoms with Gasteiger partial charge in [0.25, 0.3) is 5.91 Å². The van der Waals surface area contributed by atoms with Gasteiger partial charge in [-0.25, -0.2) is 4.98 Å². The monoisotopic (exact) mass is 516 g/mol. The van der Waals surface area contributed by atoms with Crippen molar-refractivity contribution in [3.05, 3.63) is 102 Å². The number of aromatic hydroxyl groups is 1. The molecule has 0 bridgehead atoms. The minimum Gasteiger partial charge on any atom is -0.508 e. The minimum absolute atomic E-state index is 0.0133. The van der Waals surface area contributed by atoms with Crippen LogP contribution in [0.2, 0.25) is 0 Å². The van der Waals surface area contributed by atoms with Crippen LogP contribution in [0.25, 0.3) is 34.4 Å². The zero-order valence-electron chi connectivity index (χ0n) is 21.4.